The molecule has 1 aliphatic heterocycles. The summed E-state index contributed by atoms with van der Waals surface area (Å²) in [6.45, 7) is 3.31. The van der Waals surface area contributed by atoms with Gasteiger partial charge < -0.3 is 10.2 Å². The van der Waals surface area contributed by atoms with Gasteiger partial charge in [-0.25, -0.2) is 4.39 Å². The molecular weight excluding hydrogens is 351 g/mol. The molecule has 1 atom stereocenters. The number of ketones is 1. The number of carbonyl (C=O) groups is 2. The van der Waals surface area contributed by atoms with E-state index in [1.165, 1.54) is 30.4 Å². The maximum Gasteiger partial charge on any atom is 0.264 e. The lowest BCUT2D eigenvalue weighted by Gasteiger charge is -2.36. The quantitative estimate of drug-likeness (QED) is 0.846. The largest absolute Gasteiger partial charge is 0.328 e. The normalized spacial score (nSPS) is 17.2. The van der Waals surface area contributed by atoms with E-state index in [0.29, 0.717) is 30.1 Å². The van der Waals surface area contributed by atoms with Crippen molar-refractivity contribution in [3.63, 3.8) is 0 Å². The van der Waals surface area contributed by atoms with Crippen molar-refractivity contribution in [3.05, 3.63) is 57.5 Å². The summed E-state index contributed by atoms with van der Waals surface area (Å²) in [5.74, 6) is -0.476. The average molecular weight is 369 g/mol. The number of benzene rings is 1. The number of hydrogen-bond acceptors (Lipinski definition) is 4. The number of nitrogens with one attached hydrogen (secondary N) is 1. The van der Waals surface area contributed by atoms with E-state index in [0.717, 1.165) is 5.56 Å². The van der Waals surface area contributed by atoms with Gasteiger partial charge in [0.05, 0.1) is 10.9 Å². The van der Waals surface area contributed by atoms with Crippen LogP contribution in [0.1, 0.15) is 38.6 Å². The van der Waals surface area contributed by atoms with Crippen molar-refractivity contribution in [1.82, 2.24) is 10.2 Å². The Kier molecular flexibility index (Phi) is 6.10. The Morgan fingerprint density at radius 2 is 2.12 bits per heavy atom. The predicted octanol–water partition coefficient (Wildman–Crippen LogP) is 3.30. The van der Waals surface area contributed by atoms with E-state index in [9.17, 15) is 14.0 Å². The van der Waals surface area contributed by atoms with Gasteiger partial charge in [0.1, 0.15) is 5.82 Å². The molecule has 1 aliphatic rings. The standard InChI is InChI=1S/C17H17FN2O2S.ClH/c1-11(21)13-8-16(23-10-13)17(22)20-6-5-19-9-15(20)12-3-2-4-14(18)7-12;/h2-4,7-8,10,15,19H,5-6,9H2,1H3;1H. The third-order valence-corrected chi connectivity index (χ3v) is 4.87. The van der Waals surface area contributed by atoms with Gasteiger partial charge in [-0.1, -0.05) is 12.1 Å². The van der Waals surface area contributed by atoms with Gasteiger partial charge >= 0.3 is 0 Å². The molecule has 0 radical (unpaired) electrons. The first kappa shape index (κ1) is 18.6. The van der Waals surface area contributed by atoms with Crippen molar-refractivity contribution in [2.24, 2.45) is 0 Å². The lowest BCUT2D eigenvalue weighted by atomic mass is 10.0. The first-order valence-electron chi connectivity index (χ1n) is 7.43. The molecule has 2 aromatic rings. The van der Waals surface area contributed by atoms with Gasteiger partial charge in [0.15, 0.2) is 5.78 Å². The summed E-state index contributed by atoms with van der Waals surface area (Å²) in [6.07, 6.45) is 0. The number of Topliss-reactive ketones (excluding diaryl/α,β-unsaturated/α-hetero) is 1. The Morgan fingerprint density at radius 3 is 2.79 bits per heavy atom. The van der Waals surface area contributed by atoms with Crippen LogP contribution in [-0.4, -0.2) is 36.2 Å². The molecule has 7 heteroatoms. The second-order valence-electron chi connectivity index (χ2n) is 5.53. The highest BCUT2D eigenvalue weighted by atomic mass is 35.5. The Morgan fingerprint density at radius 1 is 1.33 bits per heavy atom. The highest BCUT2D eigenvalue weighted by molar-refractivity contribution is 7.12. The van der Waals surface area contributed by atoms with E-state index in [1.807, 2.05) is 6.07 Å². The Hall–Kier alpha value is -1.76. The number of hydrogen-bond donors (Lipinski definition) is 1. The smallest absolute Gasteiger partial charge is 0.264 e. The van der Waals surface area contributed by atoms with Gasteiger partial charge in [-0.2, -0.15) is 0 Å². The summed E-state index contributed by atoms with van der Waals surface area (Å²) in [7, 11) is 0. The second-order valence-corrected chi connectivity index (χ2v) is 6.44. The van der Waals surface area contributed by atoms with E-state index < -0.39 is 0 Å². The Balaban J connectivity index is 0.00000208. The highest BCUT2D eigenvalue weighted by Gasteiger charge is 2.29. The maximum atomic E-state index is 13.5. The fraction of sp³-hybridized carbons (Fsp3) is 0.294. The van der Waals surface area contributed by atoms with Crippen LogP contribution in [0.2, 0.25) is 0 Å². The molecule has 1 saturated heterocycles. The molecule has 1 aromatic carbocycles. The Labute approximate surface area is 150 Å². The van der Waals surface area contributed by atoms with Crippen molar-refractivity contribution < 1.29 is 14.0 Å². The van der Waals surface area contributed by atoms with Crippen LogP contribution in [0.5, 0.6) is 0 Å². The third-order valence-electron chi connectivity index (χ3n) is 3.95. The number of piperazine rings is 1. The molecule has 1 unspecified atom stereocenters. The van der Waals surface area contributed by atoms with Gasteiger partial charge in [0.2, 0.25) is 0 Å². The zero-order valence-electron chi connectivity index (χ0n) is 13.1. The summed E-state index contributed by atoms with van der Waals surface area (Å²) >= 11 is 1.27. The fourth-order valence-electron chi connectivity index (χ4n) is 2.73. The van der Waals surface area contributed by atoms with Crippen LogP contribution in [-0.2, 0) is 0 Å². The lowest BCUT2D eigenvalue weighted by Crippen LogP contribution is -2.48. The molecule has 1 amide bonds. The van der Waals surface area contributed by atoms with Crippen molar-refractivity contribution >= 4 is 35.4 Å². The lowest BCUT2D eigenvalue weighted by molar-refractivity contribution is 0.0639. The predicted molar refractivity (Wildman–Crippen MR) is 94.6 cm³/mol. The molecule has 128 valence electrons. The van der Waals surface area contributed by atoms with Crippen LogP contribution in [0.4, 0.5) is 4.39 Å². The molecule has 3 rings (SSSR count). The monoisotopic (exact) mass is 368 g/mol. The minimum atomic E-state index is -0.310. The van der Waals surface area contributed by atoms with Gasteiger partial charge in [-0.15, -0.1) is 23.7 Å². The molecule has 0 saturated carbocycles. The summed E-state index contributed by atoms with van der Waals surface area (Å²) in [5, 5.41) is 4.95. The summed E-state index contributed by atoms with van der Waals surface area (Å²) in [5.41, 5.74) is 1.32. The topological polar surface area (TPSA) is 49.4 Å². The number of thiophene rings is 1. The second kappa shape index (κ2) is 7.88. The molecule has 24 heavy (non-hydrogen) atoms. The SMILES string of the molecule is CC(=O)c1csc(C(=O)N2CCNCC2c2cccc(F)c2)c1.Cl. The van der Waals surface area contributed by atoms with Crippen molar-refractivity contribution in [2.75, 3.05) is 19.6 Å². The number of rotatable bonds is 3. The number of halogens is 2. The first-order valence-corrected chi connectivity index (χ1v) is 8.31. The molecule has 0 bridgehead atoms. The molecule has 4 nitrogen and oxygen atoms in total. The van der Waals surface area contributed by atoms with Crippen LogP contribution in [0.25, 0.3) is 0 Å². The third kappa shape index (κ3) is 3.83. The van der Waals surface area contributed by atoms with Gasteiger partial charge in [-0.3, -0.25) is 9.59 Å². The molecule has 2 heterocycles. The molecule has 1 fully saturated rings. The average Bonchev–Trinajstić information content (AvgIpc) is 3.04. The fourth-order valence-corrected chi connectivity index (χ4v) is 3.63. The Bertz CT molecular complexity index is 750. The van der Waals surface area contributed by atoms with Crippen molar-refractivity contribution in [2.45, 2.75) is 13.0 Å². The van der Waals surface area contributed by atoms with Crippen LogP contribution < -0.4 is 5.32 Å². The molecule has 1 N–H and O–H groups in total. The van der Waals surface area contributed by atoms with Crippen molar-refractivity contribution in [3.8, 4) is 0 Å². The molecule has 0 aliphatic carbocycles. The number of amides is 1. The first-order chi connectivity index (χ1) is 11.1. The highest BCUT2D eigenvalue weighted by Crippen LogP contribution is 2.27. The van der Waals surface area contributed by atoms with Crippen LogP contribution in [0, 0.1) is 5.82 Å². The van der Waals surface area contributed by atoms with E-state index in [-0.39, 0.29) is 36.0 Å². The van der Waals surface area contributed by atoms with Crippen LogP contribution in [0.3, 0.4) is 0 Å². The summed E-state index contributed by atoms with van der Waals surface area (Å²) in [4.78, 5) is 26.5. The summed E-state index contributed by atoms with van der Waals surface area (Å²) < 4.78 is 13.5. The van der Waals surface area contributed by atoms with E-state index >= 15 is 0 Å². The summed E-state index contributed by atoms with van der Waals surface area (Å²) in [6, 6.07) is 7.77. The minimum absolute atomic E-state index is 0. The van der Waals surface area contributed by atoms with Crippen LogP contribution >= 0.6 is 23.7 Å². The van der Waals surface area contributed by atoms with E-state index in [4.69, 9.17) is 0 Å². The van der Waals surface area contributed by atoms with Crippen molar-refractivity contribution in [1.29, 1.82) is 0 Å². The van der Waals surface area contributed by atoms with Gasteiger partial charge in [0, 0.05) is 30.6 Å². The van der Waals surface area contributed by atoms with E-state index in [2.05, 4.69) is 5.32 Å². The van der Waals surface area contributed by atoms with Crippen LogP contribution in [0.15, 0.2) is 35.7 Å². The molecule has 0 spiro atoms. The minimum Gasteiger partial charge on any atom is -0.328 e. The maximum absolute atomic E-state index is 13.5. The number of carbonyl (C=O) groups excluding carboxylic acids is 2. The van der Waals surface area contributed by atoms with Gasteiger partial charge in [-0.05, 0) is 30.7 Å². The molecular formula is C17H18ClFN2O2S. The molecule has 1 aromatic heterocycles. The van der Waals surface area contributed by atoms with Gasteiger partial charge in [0.25, 0.3) is 5.91 Å². The van der Waals surface area contributed by atoms with E-state index in [1.54, 1.807) is 22.4 Å². The zero-order valence-corrected chi connectivity index (χ0v) is 14.8. The number of nitrogens with zero attached hydrogens (tertiary/aromatic N) is 1. The zero-order chi connectivity index (χ0) is 16.4.